The van der Waals surface area contributed by atoms with E-state index in [2.05, 4.69) is 21.0 Å². The first kappa shape index (κ1) is 36.0. The SMILES string of the molecule is COC(=O)N[C@H](C(=O)NN(Cc1ccc(-c2ccccn2)cc1)C[C@@H](O)[C@@H](Cc1ccccc1)NC(=O)OC(C)(C)C)C(C)(C)C. The summed E-state index contributed by atoms with van der Waals surface area (Å²) in [6.07, 6.45) is -0.495. The Labute approximate surface area is 271 Å². The summed E-state index contributed by atoms with van der Waals surface area (Å²) in [6.45, 7) is 10.9. The van der Waals surface area contributed by atoms with Crippen LogP contribution >= 0.6 is 0 Å². The molecule has 3 amide bonds. The first-order valence-electron chi connectivity index (χ1n) is 15.3. The van der Waals surface area contributed by atoms with Crippen LogP contribution in [-0.4, -0.2) is 70.6 Å². The Balaban J connectivity index is 1.89. The zero-order valence-electron chi connectivity index (χ0n) is 27.7. The standard InChI is InChI=1S/C35H47N5O6/c1-34(2,3)30(38-32(43)45-7)31(42)39-40(22-25-16-18-26(19-17-25)27-15-11-12-20-36-27)23-29(41)28(21-24-13-9-8-10-14-24)37-33(44)46-35(4,5)6/h8-20,28-30,41H,21-23H2,1-7H3,(H,37,44)(H,38,43)(H,39,42)/t28-,29-,30-/m1/s1. The first-order chi connectivity index (χ1) is 21.6. The highest BCUT2D eigenvalue weighted by Gasteiger charge is 2.35. The van der Waals surface area contributed by atoms with Crippen LogP contribution in [0.1, 0.15) is 52.7 Å². The van der Waals surface area contributed by atoms with E-state index in [9.17, 15) is 19.5 Å². The van der Waals surface area contributed by atoms with Gasteiger partial charge in [-0.2, -0.15) is 0 Å². The van der Waals surface area contributed by atoms with Crippen molar-refractivity contribution in [3.63, 3.8) is 0 Å². The summed E-state index contributed by atoms with van der Waals surface area (Å²) in [6, 6.07) is 21.2. The highest BCUT2D eigenvalue weighted by Crippen LogP contribution is 2.21. The zero-order valence-corrected chi connectivity index (χ0v) is 27.7. The molecule has 3 atom stereocenters. The molecule has 11 heteroatoms. The lowest BCUT2D eigenvalue weighted by atomic mass is 9.86. The molecule has 1 aromatic heterocycles. The second-order valence-electron chi connectivity index (χ2n) is 13.2. The molecular formula is C35H47N5O6. The molecule has 0 saturated heterocycles. The number of carbonyl (C=O) groups is 3. The molecule has 0 unspecified atom stereocenters. The van der Waals surface area contributed by atoms with Crippen LogP contribution < -0.4 is 16.1 Å². The van der Waals surface area contributed by atoms with Crippen LogP contribution in [0.3, 0.4) is 0 Å². The lowest BCUT2D eigenvalue weighted by molar-refractivity contribution is -0.131. The molecule has 0 aliphatic carbocycles. The number of benzene rings is 2. The van der Waals surface area contributed by atoms with Crippen LogP contribution in [0.15, 0.2) is 79.0 Å². The molecule has 3 rings (SSSR count). The van der Waals surface area contributed by atoms with Gasteiger partial charge in [-0.3, -0.25) is 15.2 Å². The number of nitrogens with one attached hydrogen (secondary N) is 3. The number of nitrogens with zero attached hydrogens (tertiary/aromatic N) is 2. The number of rotatable bonds is 12. The number of aliphatic hydroxyl groups excluding tert-OH is 1. The number of ether oxygens (including phenoxy) is 2. The van der Waals surface area contributed by atoms with Gasteiger partial charge in [0.05, 0.1) is 24.9 Å². The Bertz CT molecular complexity index is 1410. The van der Waals surface area contributed by atoms with Crippen LogP contribution in [0, 0.1) is 5.41 Å². The number of hydrogen-bond acceptors (Lipinski definition) is 8. The van der Waals surface area contributed by atoms with E-state index >= 15 is 0 Å². The quantitative estimate of drug-likeness (QED) is 0.208. The van der Waals surface area contributed by atoms with Crippen molar-refractivity contribution in [1.82, 2.24) is 26.1 Å². The number of hydrogen-bond donors (Lipinski definition) is 4. The molecule has 1 heterocycles. The van der Waals surface area contributed by atoms with E-state index in [0.717, 1.165) is 22.4 Å². The highest BCUT2D eigenvalue weighted by atomic mass is 16.6. The number of pyridine rings is 1. The second-order valence-corrected chi connectivity index (χ2v) is 13.2. The van der Waals surface area contributed by atoms with Gasteiger partial charge >= 0.3 is 12.2 Å². The van der Waals surface area contributed by atoms with Gasteiger partial charge in [-0.05, 0) is 55.9 Å². The monoisotopic (exact) mass is 633 g/mol. The van der Waals surface area contributed by atoms with Crippen molar-refractivity contribution in [2.75, 3.05) is 13.7 Å². The minimum Gasteiger partial charge on any atom is -0.453 e. The Hall–Kier alpha value is -4.48. The van der Waals surface area contributed by atoms with Gasteiger partial charge in [0, 0.05) is 24.8 Å². The average molecular weight is 634 g/mol. The second kappa shape index (κ2) is 16.2. The van der Waals surface area contributed by atoms with Gasteiger partial charge in [-0.1, -0.05) is 81.4 Å². The summed E-state index contributed by atoms with van der Waals surface area (Å²) in [7, 11) is 1.23. The lowest BCUT2D eigenvalue weighted by Crippen LogP contribution is -2.59. The Kier molecular flexibility index (Phi) is 12.7. The number of carbonyl (C=O) groups excluding carboxylic acids is 3. The number of aliphatic hydroxyl groups is 1. The van der Waals surface area contributed by atoms with Crippen molar-refractivity contribution < 1.29 is 29.0 Å². The van der Waals surface area contributed by atoms with Crippen LogP contribution in [0.2, 0.25) is 0 Å². The third-order valence-corrected chi connectivity index (χ3v) is 7.00. The van der Waals surface area contributed by atoms with Gasteiger partial charge in [0.15, 0.2) is 0 Å². The Morgan fingerprint density at radius 2 is 1.50 bits per heavy atom. The smallest absolute Gasteiger partial charge is 0.407 e. The van der Waals surface area contributed by atoms with Crippen LogP contribution in [0.5, 0.6) is 0 Å². The van der Waals surface area contributed by atoms with Crippen molar-refractivity contribution in [2.24, 2.45) is 5.41 Å². The van der Waals surface area contributed by atoms with Gasteiger partial charge in [0.1, 0.15) is 11.6 Å². The fourth-order valence-electron chi connectivity index (χ4n) is 4.72. The van der Waals surface area contributed by atoms with Gasteiger partial charge in [-0.25, -0.2) is 14.6 Å². The van der Waals surface area contributed by atoms with Crippen molar-refractivity contribution >= 4 is 18.1 Å². The predicted octanol–water partition coefficient (Wildman–Crippen LogP) is 4.85. The molecule has 0 saturated carbocycles. The summed E-state index contributed by atoms with van der Waals surface area (Å²) in [5.41, 5.74) is 5.00. The predicted molar refractivity (Wildman–Crippen MR) is 176 cm³/mol. The summed E-state index contributed by atoms with van der Waals surface area (Å²) >= 11 is 0. The van der Waals surface area contributed by atoms with Gasteiger partial charge in [0.25, 0.3) is 5.91 Å². The van der Waals surface area contributed by atoms with Crippen LogP contribution in [0.25, 0.3) is 11.3 Å². The van der Waals surface area contributed by atoms with E-state index in [1.54, 1.807) is 32.0 Å². The summed E-state index contributed by atoms with van der Waals surface area (Å²) in [5, 5.41) is 18.6. The Morgan fingerprint density at radius 1 is 0.848 bits per heavy atom. The molecular weight excluding hydrogens is 586 g/mol. The number of hydrazine groups is 1. The summed E-state index contributed by atoms with van der Waals surface area (Å²) < 4.78 is 10.2. The van der Waals surface area contributed by atoms with E-state index in [1.807, 2.05) is 93.6 Å². The third kappa shape index (κ3) is 11.8. The van der Waals surface area contributed by atoms with Crippen molar-refractivity contribution in [3.05, 3.63) is 90.1 Å². The van der Waals surface area contributed by atoms with Crippen LogP contribution in [0.4, 0.5) is 9.59 Å². The minimum absolute atomic E-state index is 0.0594. The number of amides is 3. The molecule has 46 heavy (non-hydrogen) atoms. The molecule has 0 aliphatic heterocycles. The minimum atomic E-state index is -1.14. The molecule has 0 spiro atoms. The molecule has 2 aromatic carbocycles. The zero-order chi connectivity index (χ0) is 33.9. The average Bonchev–Trinajstić information content (AvgIpc) is 2.99. The molecule has 0 bridgehead atoms. The van der Waals surface area contributed by atoms with Crippen LogP contribution in [-0.2, 0) is 27.2 Å². The third-order valence-electron chi connectivity index (χ3n) is 7.00. The molecule has 248 valence electrons. The van der Waals surface area contributed by atoms with Gasteiger partial charge in [0.2, 0.25) is 0 Å². The molecule has 0 radical (unpaired) electrons. The topological polar surface area (TPSA) is 142 Å². The Morgan fingerprint density at radius 3 is 2.07 bits per heavy atom. The maximum Gasteiger partial charge on any atom is 0.407 e. The number of aromatic nitrogens is 1. The fourth-order valence-corrected chi connectivity index (χ4v) is 4.72. The molecule has 4 N–H and O–H groups in total. The van der Waals surface area contributed by atoms with Gasteiger partial charge in [-0.15, -0.1) is 0 Å². The number of methoxy groups -OCH3 is 1. The van der Waals surface area contributed by atoms with Crippen molar-refractivity contribution in [2.45, 2.75) is 78.3 Å². The lowest BCUT2D eigenvalue weighted by Gasteiger charge is -2.34. The van der Waals surface area contributed by atoms with E-state index < -0.39 is 47.3 Å². The highest BCUT2D eigenvalue weighted by molar-refractivity contribution is 5.86. The van der Waals surface area contributed by atoms with Crippen molar-refractivity contribution in [1.29, 1.82) is 0 Å². The number of alkyl carbamates (subject to hydrolysis) is 2. The van der Waals surface area contributed by atoms with Crippen molar-refractivity contribution in [3.8, 4) is 11.3 Å². The van der Waals surface area contributed by atoms with Gasteiger partial charge < -0.3 is 25.2 Å². The molecule has 0 fully saturated rings. The molecule has 0 aliphatic rings. The fraction of sp³-hybridized carbons (Fsp3) is 0.429. The largest absolute Gasteiger partial charge is 0.453 e. The van der Waals surface area contributed by atoms with E-state index in [-0.39, 0.29) is 13.1 Å². The molecule has 11 nitrogen and oxygen atoms in total. The maximum absolute atomic E-state index is 13.7. The van der Waals surface area contributed by atoms with E-state index in [1.165, 1.54) is 7.11 Å². The normalized spacial score (nSPS) is 13.7. The first-order valence-corrected chi connectivity index (χ1v) is 15.3. The summed E-state index contributed by atoms with van der Waals surface area (Å²) in [4.78, 5) is 43.0. The molecule has 3 aromatic rings. The summed E-state index contributed by atoms with van der Waals surface area (Å²) in [5.74, 6) is -0.491. The maximum atomic E-state index is 13.7. The van der Waals surface area contributed by atoms with E-state index in [0.29, 0.717) is 6.42 Å². The van der Waals surface area contributed by atoms with E-state index in [4.69, 9.17) is 9.47 Å².